The molecule has 14 heavy (non-hydrogen) atoms. The van der Waals surface area contributed by atoms with E-state index in [-0.39, 0.29) is 16.9 Å². The van der Waals surface area contributed by atoms with Crippen LogP contribution in [0.25, 0.3) is 6.08 Å². The van der Waals surface area contributed by atoms with Crippen molar-refractivity contribution in [1.82, 2.24) is 0 Å². The highest BCUT2D eigenvalue weighted by molar-refractivity contribution is 5.91. The SMILES string of the molecule is CC(=O)/C=C/c1cc(F)c(C)cc1F. The van der Waals surface area contributed by atoms with Crippen LogP contribution in [-0.4, -0.2) is 5.78 Å². The molecular weight excluding hydrogens is 186 g/mol. The molecule has 74 valence electrons. The van der Waals surface area contributed by atoms with Gasteiger partial charge in [-0.25, -0.2) is 8.78 Å². The number of halogens is 2. The molecule has 1 aromatic rings. The van der Waals surface area contributed by atoms with Crippen LogP contribution in [0.2, 0.25) is 0 Å². The van der Waals surface area contributed by atoms with Crippen molar-refractivity contribution >= 4 is 11.9 Å². The van der Waals surface area contributed by atoms with Crippen molar-refractivity contribution < 1.29 is 13.6 Å². The summed E-state index contributed by atoms with van der Waals surface area (Å²) < 4.78 is 26.1. The fourth-order valence-corrected chi connectivity index (χ4v) is 0.997. The van der Waals surface area contributed by atoms with Crippen molar-refractivity contribution in [3.8, 4) is 0 Å². The Morgan fingerprint density at radius 2 is 1.93 bits per heavy atom. The predicted molar refractivity (Wildman–Crippen MR) is 50.8 cm³/mol. The smallest absolute Gasteiger partial charge is 0.152 e. The zero-order valence-electron chi connectivity index (χ0n) is 7.97. The lowest BCUT2D eigenvalue weighted by Crippen LogP contribution is -1.90. The van der Waals surface area contributed by atoms with Crippen molar-refractivity contribution in [2.45, 2.75) is 13.8 Å². The molecule has 0 saturated heterocycles. The lowest BCUT2D eigenvalue weighted by atomic mass is 10.1. The third kappa shape index (κ3) is 2.49. The lowest BCUT2D eigenvalue weighted by molar-refractivity contribution is -0.112. The fraction of sp³-hybridized carbons (Fsp3) is 0.182. The molecule has 1 nitrogen and oxygen atoms in total. The van der Waals surface area contributed by atoms with Crippen LogP contribution in [0, 0.1) is 18.6 Å². The molecule has 0 aliphatic heterocycles. The van der Waals surface area contributed by atoms with E-state index in [0.29, 0.717) is 0 Å². The molecule has 0 saturated carbocycles. The number of allylic oxidation sites excluding steroid dienone is 1. The fourth-order valence-electron chi connectivity index (χ4n) is 0.997. The van der Waals surface area contributed by atoms with Gasteiger partial charge in [-0.2, -0.15) is 0 Å². The Hall–Kier alpha value is -1.51. The van der Waals surface area contributed by atoms with Crippen LogP contribution < -0.4 is 0 Å². The number of benzene rings is 1. The van der Waals surface area contributed by atoms with Gasteiger partial charge in [0.25, 0.3) is 0 Å². The summed E-state index contributed by atoms with van der Waals surface area (Å²) in [6.45, 7) is 2.83. The van der Waals surface area contributed by atoms with Crippen molar-refractivity contribution in [3.63, 3.8) is 0 Å². The van der Waals surface area contributed by atoms with Gasteiger partial charge < -0.3 is 0 Å². The maximum absolute atomic E-state index is 13.2. The summed E-state index contributed by atoms with van der Waals surface area (Å²) in [6.07, 6.45) is 2.47. The maximum atomic E-state index is 13.2. The summed E-state index contributed by atoms with van der Waals surface area (Å²) in [6, 6.07) is 2.18. The van der Waals surface area contributed by atoms with Gasteiger partial charge in [0.2, 0.25) is 0 Å². The number of ketones is 1. The van der Waals surface area contributed by atoms with E-state index in [1.807, 2.05) is 0 Å². The molecule has 1 rings (SSSR count). The van der Waals surface area contributed by atoms with Gasteiger partial charge in [0, 0.05) is 5.56 Å². The van der Waals surface area contributed by atoms with Gasteiger partial charge in [-0.05, 0) is 43.7 Å². The molecule has 0 fully saturated rings. The van der Waals surface area contributed by atoms with E-state index >= 15 is 0 Å². The number of carbonyl (C=O) groups is 1. The molecule has 0 aliphatic carbocycles. The second kappa shape index (κ2) is 4.13. The first-order valence-corrected chi connectivity index (χ1v) is 4.15. The molecule has 0 N–H and O–H groups in total. The summed E-state index contributed by atoms with van der Waals surface area (Å²) in [5, 5.41) is 0. The highest BCUT2D eigenvalue weighted by Gasteiger charge is 2.04. The van der Waals surface area contributed by atoms with Crippen molar-refractivity contribution in [3.05, 3.63) is 41.0 Å². The van der Waals surface area contributed by atoms with Crippen LogP contribution >= 0.6 is 0 Å². The Labute approximate surface area is 81.1 Å². The van der Waals surface area contributed by atoms with E-state index in [1.165, 1.54) is 26.0 Å². The second-order valence-electron chi connectivity index (χ2n) is 3.07. The lowest BCUT2D eigenvalue weighted by Gasteiger charge is -2.00. The van der Waals surface area contributed by atoms with Crippen LogP contribution in [-0.2, 0) is 4.79 Å². The molecule has 0 aromatic heterocycles. The summed E-state index contributed by atoms with van der Waals surface area (Å²) in [7, 11) is 0. The summed E-state index contributed by atoms with van der Waals surface area (Å²) in [4.78, 5) is 10.6. The topological polar surface area (TPSA) is 17.1 Å². The largest absolute Gasteiger partial charge is 0.295 e. The molecular formula is C11H10F2O. The number of hydrogen-bond donors (Lipinski definition) is 0. The first-order chi connectivity index (χ1) is 6.50. The van der Waals surface area contributed by atoms with Gasteiger partial charge in [0.05, 0.1) is 0 Å². The van der Waals surface area contributed by atoms with E-state index < -0.39 is 11.6 Å². The highest BCUT2D eigenvalue weighted by Crippen LogP contribution is 2.15. The van der Waals surface area contributed by atoms with Gasteiger partial charge >= 0.3 is 0 Å². The highest BCUT2D eigenvalue weighted by atomic mass is 19.1. The minimum absolute atomic E-state index is 0.0864. The minimum atomic E-state index is -0.526. The van der Waals surface area contributed by atoms with Crippen LogP contribution in [0.5, 0.6) is 0 Å². The summed E-state index contributed by atoms with van der Waals surface area (Å²) in [5.41, 5.74) is 0.339. The van der Waals surface area contributed by atoms with Crippen LogP contribution in [0.4, 0.5) is 8.78 Å². The van der Waals surface area contributed by atoms with Crippen molar-refractivity contribution in [2.24, 2.45) is 0 Å². The number of hydrogen-bond acceptors (Lipinski definition) is 1. The van der Waals surface area contributed by atoms with Crippen LogP contribution in [0.3, 0.4) is 0 Å². The van der Waals surface area contributed by atoms with Gasteiger partial charge in [-0.3, -0.25) is 4.79 Å². The second-order valence-corrected chi connectivity index (χ2v) is 3.07. The number of aryl methyl sites for hydroxylation is 1. The molecule has 3 heteroatoms. The van der Waals surface area contributed by atoms with E-state index in [4.69, 9.17) is 0 Å². The van der Waals surface area contributed by atoms with E-state index in [1.54, 1.807) is 0 Å². The number of carbonyl (C=O) groups excluding carboxylic acids is 1. The Kier molecular flexibility index (Phi) is 3.12. The first-order valence-electron chi connectivity index (χ1n) is 4.15. The molecule has 0 atom stereocenters. The molecule has 0 heterocycles. The molecule has 1 aromatic carbocycles. The molecule has 0 radical (unpaired) electrons. The Bertz CT molecular complexity index is 395. The summed E-state index contributed by atoms with van der Waals surface area (Å²) in [5.74, 6) is -1.21. The van der Waals surface area contributed by atoms with E-state index in [2.05, 4.69) is 0 Å². The first kappa shape index (κ1) is 10.6. The number of rotatable bonds is 2. The van der Waals surface area contributed by atoms with E-state index in [0.717, 1.165) is 12.1 Å². The minimum Gasteiger partial charge on any atom is -0.295 e. The molecule has 0 spiro atoms. The zero-order chi connectivity index (χ0) is 10.7. The van der Waals surface area contributed by atoms with Gasteiger partial charge in [-0.1, -0.05) is 0 Å². The van der Waals surface area contributed by atoms with E-state index in [9.17, 15) is 13.6 Å². The maximum Gasteiger partial charge on any atom is 0.152 e. The quantitative estimate of drug-likeness (QED) is 0.665. The molecule has 0 bridgehead atoms. The molecule has 0 aliphatic rings. The average molecular weight is 196 g/mol. The monoisotopic (exact) mass is 196 g/mol. The van der Waals surface area contributed by atoms with Crippen LogP contribution in [0.1, 0.15) is 18.1 Å². The molecule has 0 unspecified atom stereocenters. The standard InChI is InChI=1S/C11H10F2O/c1-7-5-11(13)9(6-10(7)12)4-3-8(2)14/h3-6H,1-2H3/b4-3+. The average Bonchev–Trinajstić information content (AvgIpc) is 2.09. The van der Waals surface area contributed by atoms with Gasteiger partial charge in [-0.15, -0.1) is 0 Å². The van der Waals surface area contributed by atoms with Crippen LogP contribution in [0.15, 0.2) is 18.2 Å². The van der Waals surface area contributed by atoms with Gasteiger partial charge in [0.1, 0.15) is 11.6 Å². The van der Waals surface area contributed by atoms with Gasteiger partial charge in [0.15, 0.2) is 5.78 Å². The Morgan fingerprint density at radius 1 is 1.29 bits per heavy atom. The Balaban J connectivity index is 3.10. The third-order valence-corrected chi connectivity index (χ3v) is 1.78. The molecule has 0 amide bonds. The predicted octanol–water partition coefficient (Wildman–Crippen LogP) is 2.88. The third-order valence-electron chi connectivity index (χ3n) is 1.78. The zero-order valence-corrected chi connectivity index (χ0v) is 7.97. The Morgan fingerprint density at radius 3 is 2.50 bits per heavy atom. The summed E-state index contributed by atoms with van der Waals surface area (Å²) >= 11 is 0. The van der Waals surface area contributed by atoms with Crippen molar-refractivity contribution in [2.75, 3.05) is 0 Å². The van der Waals surface area contributed by atoms with Crippen molar-refractivity contribution in [1.29, 1.82) is 0 Å². The normalized spacial score (nSPS) is 10.9.